The molecular formula is C13H17N3O4S2. The third-order valence-corrected chi connectivity index (χ3v) is 6.27. The minimum absolute atomic E-state index is 0.0930. The maximum absolute atomic E-state index is 12.4. The first kappa shape index (κ1) is 16.7. The van der Waals surface area contributed by atoms with Crippen molar-refractivity contribution in [2.75, 3.05) is 0 Å². The van der Waals surface area contributed by atoms with Crippen LogP contribution in [0.25, 0.3) is 0 Å². The summed E-state index contributed by atoms with van der Waals surface area (Å²) in [6.45, 7) is 5.14. The molecule has 22 heavy (non-hydrogen) atoms. The Kier molecular flexibility index (Phi) is 4.41. The first-order valence-electron chi connectivity index (χ1n) is 6.45. The number of carboxylic acid groups (broad SMARTS) is 1. The summed E-state index contributed by atoms with van der Waals surface area (Å²) in [4.78, 5) is 12.4. The molecule has 2 aromatic rings. The second-order valence-electron chi connectivity index (χ2n) is 4.97. The zero-order valence-corrected chi connectivity index (χ0v) is 14.2. The lowest BCUT2D eigenvalue weighted by Gasteiger charge is -2.15. The standard InChI is InChI=1S/C13H17N3O4S2/c1-7-5-6-10(21-7)22(19,20)15-12(13(17)18)11-8(2)14-16(4)9(11)3/h5-6,12,15H,1-4H3,(H,17,18). The van der Waals surface area contributed by atoms with Gasteiger partial charge in [-0.25, -0.2) is 8.42 Å². The molecule has 0 saturated carbocycles. The predicted octanol–water partition coefficient (Wildman–Crippen LogP) is 1.51. The maximum atomic E-state index is 12.4. The van der Waals surface area contributed by atoms with Crippen LogP contribution in [-0.4, -0.2) is 29.3 Å². The van der Waals surface area contributed by atoms with Crippen molar-refractivity contribution in [3.63, 3.8) is 0 Å². The molecule has 120 valence electrons. The van der Waals surface area contributed by atoms with Crippen LogP contribution in [0.1, 0.15) is 27.9 Å². The van der Waals surface area contributed by atoms with E-state index in [0.29, 0.717) is 17.0 Å². The monoisotopic (exact) mass is 343 g/mol. The van der Waals surface area contributed by atoms with Crippen molar-refractivity contribution in [1.29, 1.82) is 0 Å². The number of hydrogen-bond donors (Lipinski definition) is 2. The quantitative estimate of drug-likeness (QED) is 0.857. The largest absolute Gasteiger partial charge is 0.480 e. The summed E-state index contributed by atoms with van der Waals surface area (Å²) < 4.78 is 28.6. The lowest BCUT2D eigenvalue weighted by atomic mass is 10.1. The number of nitrogens with zero attached hydrogens (tertiary/aromatic N) is 2. The number of thiophene rings is 1. The highest BCUT2D eigenvalue weighted by Crippen LogP contribution is 2.26. The normalized spacial score (nSPS) is 13.3. The Morgan fingerprint density at radius 1 is 1.36 bits per heavy atom. The molecule has 0 aliphatic heterocycles. The SMILES string of the molecule is Cc1ccc(S(=O)(=O)NC(C(=O)O)c2c(C)nn(C)c2C)s1. The summed E-state index contributed by atoms with van der Waals surface area (Å²) in [5, 5.41) is 13.6. The van der Waals surface area contributed by atoms with Crippen molar-refractivity contribution in [2.45, 2.75) is 31.0 Å². The fraction of sp³-hybridized carbons (Fsp3) is 0.385. The number of carboxylic acids is 1. The van der Waals surface area contributed by atoms with Gasteiger partial charge in [0.25, 0.3) is 10.0 Å². The summed E-state index contributed by atoms with van der Waals surface area (Å²) >= 11 is 1.09. The van der Waals surface area contributed by atoms with Gasteiger partial charge in [-0.15, -0.1) is 11.3 Å². The molecule has 7 nitrogen and oxygen atoms in total. The third kappa shape index (κ3) is 3.06. The number of sulfonamides is 1. The highest BCUT2D eigenvalue weighted by atomic mass is 32.2. The van der Waals surface area contributed by atoms with Crippen molar-refractivity contribution in [1.82, 2.24) is 14.5 Å². The van der Waals surface area contributed by atoms with Crippen LogP contribution in [0.5, 0.6) is 0 Å². The summed E-state index contributed by atoms with van der Waals surface area (Å²) in [6.07, 6.45) is 0. The Morgan fingerprint density at radius 2 is 2.00 bits per heavy atom. The Hall–Kier alpha value is -1.71. The van der Waals surface area contributed by atoms with E-state index in [4.69, 9.17) is 0 Å². The summed E-state index contributed by atoms with van der Waals surface area (Å²) in [5.41, 5.74) is 1.46. The van der Waals surface area contributed by atoms with Crippen molar-refractivity contribution >= 4 is 27.3 Å². The molecule has 0 aromatic carbocycles. The van der Waals surface area contributed by atoms with Gasteiger partial charge in [-0.3, -0.25) is 9.48 Å². The fourth-order valence-corrected chi connectivity index (χ4v) is 4.67. The first-order valence-corrected chi connectivity index (χ1v) is 8.75. The number of aryl methyl sites for hydroxylation is 3. The molecule has 1 unspecified atom stereocenters. The zero-order valence-electron chi connectivity index (χ0n) is 12.6. The lowest BCUT2D eigenvalue weighted by Crippen LogP contribution is -2.34. The highest BCUT2D eigenvalue weighted by molar-refractivity contribution is 7.91. The van der Waals surface area contributed by atoms with E-state index >= 15 is 0 Å². The van der Waals surface area contributed by atoms with Crippen LogP contribution >= 0.6 is 11.3 Å². The molecule has 0 spiro atoms. The topological polar surface area (TPSA) is 101 Å². The molecule has 0 bridgehead atoms. The van der Waals surface area contributed by atoms with Crippen molar-refractivity contribution < 1.29 is 18.3 Å². The molecule has 2 N–H and O–H groups in total. The van der Waals surface area contributed by atoms with E-state index in [2.05, 4.69) is 9.82 Å². The molecule has 2 aromatic heterocycles. The maximum Gasteiger partial charge on any atom is 0.326 e. The van der Waals surface area contributed by atoms with E-state index in [-0.39, 0.29) is 4.21 Å². The Balaban J connectivity index is 2.44. The number of carbonyl (C=O) groups is 1. The van der Waals surface area contributed by atoms with Gasteiger partial charge in [0.15, 0.2) is 0 Å². The number of aromatic nitrogens is 2. The van der Waals surface area contributed by atoms with Crippen LogP contribution < -0.4 is 4.72 Å². The predicted molar refractivity (Wildman–Crippen MR) is 82.4 cm³/mol. The molecular weight excluding hydrogens is 326 g/mol. The average molecular weight is 343 g/mol. The molecule has 0 fully saturated rings. The molecule has 0 amide bonds. The van der Waals surface area contributed by atoms with Crippen molar-refractivity contribution in [3.05, 3.63) is 34.0 Å². The second-order valence-corrected chi connectivity index (χ2v) is 8.19. The molecule has 2 rings (SSSR count). The Labute approximate surface area is 132 Å². The summed E-state index contributed by atoms with van der Waals surface area (Å²) in [7, 11) is -2.22. The fourth-order valence-electron chi connectivity index (χ4n) is 2.21. The number of hydrogen-bond acceptors (Lipinski definition) is 5. The van der Waals surface area contributed by atoms with Gasteiger partial charge in [0.2, 0.25) is 0 Å². The highest BCUT2D eigenvalue weighted by Gasteiger charge is 2.31. The smallest absolute Gasteiger partial charge is 0.326 e. The molecule has 9 heteroatoms. The van der Waals surface area contributed by atoms with Gasteiger partial charge in [-0.05, 0) is 32.9 Å². The van der Waals surface area contributed by atoms with Crippen molar-refractivity contribution in [2.24, 2.45) is 7.05 Å². The summed E-state index contributed by atoms with van der Waals surface area (Å²) in [5.74, 6) is -1.27. The minimum atomic E-state index is -3.91. The Morgan fingerprint density at radius 3 is 2.41 bits per heavy atom. The van der Waals surface area contributed by atoms with Crippen LogP contribution in [0.3, 0.4) is 0 Å². The van der Waals surface area contributed by atoms with Gasteiger partial charge < -0.3 is 5.11 Å². The van der Waals surface area contributed by atoms with E-state index in [1.165, 1.54) is 10.7 Å². The first-order chi connectivity index (χ1) is 10.1. The minimum Gasteiger partial charge on any atom is -0.480 e. The van der Waals surface area contributed by atoms with Crippen LogP contribution in [0.2, 0.25) is 0 Å². The number of rotatable bonds is 5. The second kappa shape index (κ2) is 5.82. The van der Waals surface area contributed by atoms with Gasteiger partial charge in [0, 0.05) is 23.2 Å². The van der Waals surface area contributed by atoms with Gasteiger partial charge >= 0.3 is 5.97 Å². The molecule has 0 aliphatic carbocycles. The van der Waals surface area contributed by atoms with E-state index in [0.717, 1.165) is 16.2 Å². The molecule has 0 radical (unpaired) electrons. The molecule has 0 aliphatic rings. The van der Waals surface area contributed by atoms with E-state index in [9.17, 15) is 18.3 Å². The van der Waals surface area contributed by atoms with E-state index < -0.39 is 22.0 Å². The van der Waals surface area contributed by atoms with E-state index in [1.54, 1.807) is 33.9 Å². The van der Waals surface area contributed by atoms with E-state index in [1.807, 2.05) is 0 Å². The van der Waals surface area contributed by atoms with Crippen LogP contribution in [0.15, 0.2) is 16.3 Å². The van der Waals surface area contributed by atoms with Gasteiger partial charge in [0.05, 0.1) is 5.69 Å². The van der Waals surface area contributed by atoms with Crippen LogP contribution in [-0.2, 0) is 21.9 Å². The lowest BCUT2D eigenvalue weighted by molar-refractivity contribution is -0.139. The summed E-state index contributed by atoms with van der Waals surface area (Å²) in [6, 6.07) is 1.76. The number of nitrogens with one attached hydrogen (secondary N) is 1. The zero-order chi connectivity index (χ0) is 16.7. The molecule has 2 heterocycles. The van der Waals surface area contributed by atoms with Crippen LogP contribution in [0, 0.1) is 20.8 Å². The third-order valence-electron chi connectivity index (χ3n) is 3.35. The molecule has 0 saturated heterocycles. The van der Waals surface area contributed by atoms with Gasteiger partial charge in [-0.1, -0.05) is 0 Å². The number of aliphatic carboxylic acids is 1. The van der Waals surface area contributed by atoms with Crippen molar-refractivity contribution in [3.8, 4) is 0 Å². The van der Waals surface area contributed by atoms with Gasteiger partial charge in [-0.2, -0.15) is 9.82 Å². The van der Waals surface area contributed by atoms with Gasteiger partial charge in [0.1, 0.15) is 10.3 Å². The molecule has 1 atom stereocenters. The Bertz CT molecular complexity index is 820. The average Bonchev–Trinajstić information content (AvgIpc) is 2.93. The van der Waals surface area contributed by atoms with Crippen LogP contribution in [0.4, 0.5) is 0 Å².